The van der Waals surface area contributed by atoms with Gasteiger partial charge < -0.3 is 0 Å². The molecule has 0 saturated carbocycles. The number of hydrazine groups is 1. The molecule has 0 aromatic carbocycles. The first-order valence-electron chi connectivity index (χ1n) is 5.67. The molecule has 0 fully saturated rings. The van der Waals surface area contributed by atoms with Gasteiger partial charge in [-0.1, -0.05) is 6.07 Å². The molecule has 1 unspecified atom stereocenters. The van der Waals surface area contributed by atoms with Crippen molar-refractivity contribution in [3.63, 3.8) is 0 Å². The van der Waals surface area contributed by atoms with Crippen molar-refractivity contribution in [3.05, 3.63) is 38.5 Å². The van der Waals surface area contributed by atoms with Crippen LogP contribution in [-0.4, -0.2) is 11.0 Å². The van der Waals surface area contributed by atoms with Crippen LogP contribution < -0.4 is 11.3 Å². The van der Waals surface area contributed by atoms with Gasteiger partial charge in [-0.3, -0.25) is 11.3 Å². The second kappa shape index (κ2) is 6.26. The summed E-state index contributed by atoms with van der Waals surface area (Å²) < 4.78 is 0. The normalized spacial score (nSPS) is 12.8. The summed E-state index contributed by atoms with van der Waals surface area (Å²) in [6, 6.07) is 4.57. The standard InChI is InChI=1S/C12H17N3S2/c1-9-14-11(8-17-9)7-10(15-13)4-5-12-3-2-6-16-12/h2-3,6,8,10,15H,4-5,7,13H2,1H3. The van der Waals surface area contributed by atoms with Crippen LogP contribution in [0.1, 0.15) is 22.0 Å². The summed E-state index contributed by atoms with van der Waals surface area (Å²) in [5.41, 5.74) is 4.03. The molecule has 0 radical (unpaired) electrons. The van der Waals surface area contributed by atoms with E-state index in [-0.39, 0.29) is 0 Å². The first-order chi connectivity index (χ1) is 8.28. The predicted molar refractivity (Wildman–Crippen MR) is 74.3 cm³/mol. The van der Waals surface area contributed by atoms with E-state index in [1.165, 1.54) is 4.88 Å². The Hall–Kier alpha value is -0.750. The molecule has 3 nitrogen and oxygen atoms in total. The Morgan fingerprint density at radius 2 is 2.35 bits per heavy atom. The molecule has 0 spiro atoms. The molecule has 2 aromatic rings. The third-order valence-corrected chi connectivity index (χ3v) is 4.44. The molecule has 0 amide bonds. The highest BCUT2D eigenvalue weighted by molar-refractivity contribution is 7.10. The molecule has 5 heteroatoms. The number of nitrogens with one attached hydrogen (secondary N) is 1. The Labute approximate surface area is 110 Å². The van der Waals surface area contributed by atoms with Crippen LogP contribution in [0.4, 0.5) is 0 Å². The smallest absolute Gasteiger partial charge is 0.0897 e. The van der Waals surface area contributed by atoms with Crippen molar-refractivity contribution >= 4 is 22.7 Å². The number of aryl methyl sites for hydroxylation is 2. The molecule has 3 N–H and O–H groups in total. The summed E-state index contributed by atoms with van der Waals surface area (Å²) in [7, 11) is 0. The molecule has 0 bridgehead atoms. The van der Waals surface area contributed by atoms with Gasteiger partial charge >= 0.3 is 0 Å². The molecule has 1 atom stereocenters. The zero-order chi connectivity index (χ0) is 12.1. The molecule has 17 heavy (non-hydrogen) atoms. The van der Waals surface area contributed by atoms with Gasteiger partial charge in [-0.2, -0.15) is 0 Å². The fourth-order valence-corrected chi connectivity index (χ4v) is 3.12. The largest absolute Gasteiger partial charge is 0.271 e. The van der Waals surface area contributed by atoms with E-state index in [0.717, 1.165) is 30.0 Å². The SMILES string of the molecule is Cc1nc(CC(CCc2cccs2)NN)cs1. The monoisotopic (exact) mass is 267 g/mol. The highest BCUT2D eigenvalue weighted by Gasteiger charge is 2.10. The van der Waals surface area contributed by atoms with Crippen molar-refractivity contribution in [2.45, 2.75) is 32.2 Å². The van der Waals surface area contributed by atoms with E-state index in [1.54, 1.807) is 22.7 Å². The predicted octanol–water partition coefficient (Wildman–Crippen LogP) is 2.52. The van der Waals surface area contributed by atoms with E-state index in [0.29, 0.717) is 6.04 Å². The maximum Gasteiger partial charge on any atom is 0.0897 e. The highest BCUT2D eigenvalue weighted by atomic mass is 32.1. The summed E-state index contributed by atoms with van der Waals surface area (Å²) in [6.07, 6.45) is 3.04. The van der Waals surface area contributed by atoms with Gasteiger partial charge in [-0.05, 0) is 31.2 Å². The van der Waals surface area contributed by atoms with Crippen molar-refractivity contribution in [2.24, 2.45) is 5.84 Å². The van der Waals surface area contributed by atoms with E-state index in [1.807, 2.05) is 6.92 Å². The van der Waals surface area contributed by atoms with Crippen LogP contribution in [0.5, 0.6) is 0 Å². The third-order valence-electron chi connectivity index (χ3n) is 2.68. The van der Waals surface area contributed by atoms with Crippen molar-refractivity contribution in [1.82, 2.24) is 10.4 Å². The van der Waals surface area contributed by atoms with Crippen molar-refractivity contribution in [2.75, 3.05) is 0 Å². The van der Waals surface area contributed by atoms with Crippen molar-refractivity contribution in [3.8, 4) is 0 Å². The molecule has 0 saturated heterocycles. The molecule has 2 aromatic heterocycles. The van der Waals surface area contributed by atoms with Gasteiger partial charge in [-0.25, -0.2) is 4.98 Å². The van der Waals surface area contributed by atoms with E-state index >= 15 is 0 Å². The molecule has 0 aliphatic rings. The minimum atomic E-state index is 0.304. The first kappa shape index (κ1) is 12.7. The molecule has 92 valence electrons. The number of hydrogen-bond acceptors (Lipinski definition) is 5. The molecule has 2 rings (SSSR count). The van der Waals surface area contributed by atoms with E-state index in [4.69, 9.17) is 5.84 Å². The summed E-state index contributed by atoms with van der Waals surface area (Å²) in [5, 5.41) is 5.35. The van der Waals surface area contributed by atoms with Gasteiger partial charge in [0.25, 0.3) is 0 Å². The van der Waals surface area contributed by atoms with Crippen LogP contribution in [0.25, 0.3) is 0 Å². The average molecular weight is 267 g/mol. The number of nitrogens with zero attached hydrogens (tertiary/aromatic N) is 1. The van der Waals surface area contributed by atoms with Gasteiger partial charge in [0.15, 0.2) is 0 Å². The van der Waals surface area contributed by atoms with Crippen molar-refractivity contribution < 1.29 is 0 Å². The number of rotatable bonds is 6. The lowest BCUT2D eigenvalue weighted by Crippen LogP contribution is -2.37. The van der Waals surface area contributed by atoms with E-state index in [9.17, 15) is 0 Å². The fourth-order valence-electron chi connectivity index (χ4n) is 1.77. The molecule has 0 aliphatic carbocycles. The molecular formula is C12H17N3S2. The quantitative estimate of drug-likeness (QED) is 0.624. The summed E-state index contributed by atoms with van der Waals surface area (Å²) >= 11 is 3.50. The fraction of sp³-hybridized carbons (Fsp3) is 0.417. The third kappa shape index (κ3) is 3.89. The van der Waals surface area contributed by atoms with Crippen LogP contribution in [0.3, 0.4) is 0 Å². The minimum absolute atomic E-state index is 0.304. The summed E-state index contributed by atoms with van der Waals surface area (Å²) in [6.45, 7) is 2.03. The van der Waals surface area contributed by atoms with E-state index in [2.05, 4.69) is 33.3 Å². The maximum absolute atomic E-state index is 5.60. The van der Waals surface area contributed by atoms with Gasteiger partial charge in [0.1, 0.15) is 0 Å². The lowest BCUT2D eigenvalue weighted by atomic mass is 10.1. The second-order valence-corrected chi connectivity index (χ2v) is 6.14. The number of nitrogens with two attached hydrogens (primary N) is 1. The van der Waals surface area contributed by atoms with Crippen LogP contribution >= 0.6 is 22.7 Å². The number of aromatic nitrogens is 1. The Balaban J connectivity index is 1.84. The molecular weight excluding hydrogens is 250 g/mol. The van der Waals surface area contributed by atoms with Gasteiger partial charge in [0.2, 0.25) is 0 Å². The molecule has 2 heterocycles. The first-order valence-corrected chi connectivity index (χ1v) is 7.43. The Kier molecular flexibility index (Phi) is 4.67. The number of thiazole rings is 1. The summed E-state index contributed by atoms with van der Waals surface area (Å²) in [5.74, 6) is 5.60. The molecule has 0 aliphatic heterocycles. The topological polar surface area (TPSA) is 50.9 Å². The van der Waals surface area contributed by atoms with Crippen LogP contribution in [0, 0.1) is 6.92 Å². The number of thiophene rings is 1. The van der Waals surface area contributed by atoms with Gasteiger partial charge in [-0.15, -0.1) is 22.7 Å². The Bertz CT molecular complexity index is 436. The van der Waals surface area contributed by atoms with Crippen LogP contribution in [0.2, 0.25) is 0 Å². The average Bonchev–Trinajstić information content (AvgIpc) is 2.96. The van der Waals surface area contributed by atoms with Gasteiger partial charge in [0.05, 0.1) is 10.7 Å². The highest BCUT2D eigenvalue weighted by Crippen LogP contribution is 2.15. The minimum Gasteiger partial charge on any atom is -0.271 e. The number of hydrogen-bond donors (Lipinski definition) is 2. The van der Waals surface area contributed by atoms with Crippen LogP contribution in [-0.2, 0) is 12.8 Å². The Morgan fingerprint density at radius 3 is 2.94 bits per heavy atom. The zero-order valence-electron chi connectivity index (χ0n) is 9.85. The zero-order valence-corrected chi connectivity index (χ0v) is 11.5. The van der Waals surface area contributed by atoms with Crippen LogP contribution in [0.15, 0.2) is 22.9 Å². The van der Waals surface area contributed by atoms with Gasteiger partial charge in [0, 0.05) is 22.7 Å². The lowest BCUT2D eigenvalue weighted by molar-refractivity contribution is 0.489. The Morgan fingerprint density at radius 1 is 1.47 bits per heavy atom. The second-order valence-electron chi connectivity index (χ2n) is 4.04. The van der Waals surface area contributed by atoms with Crippen molar-refractivity contribution in [1.29, 1.82) is 0 Å². The maximum atomic E-state index is 5.60. The summed E-state index contributed by atoms with van der Waals surface area (Å²) in [4.78, 5) is 5.89. The van der Waals surface area contributed by atoms with E-state index < -0.39 is 0 Å². The lowest BCUT2D eigenvalue weighted by Gasteiger charge is -2.13.